The van der Waals surface area contributed by atoms with Crippen LogP contribution in [-0.2, 0) is 20.9 Å². The van der Waals surface area contributed by atoms with Gasteiger partial charge in [0.15, 0.2) is 0 Å². The third kappa shape index (κ3) is 4.19. The molecule has 0 aromatic heterocycles. The van der Waals surface area contributed by atoms with Crippen LogP contribution in [0.3, 0.4) is 0 Å². The van der Waals surface area contributed by atoms with Crippen molar-refractivity contribution in [3.05, 3.63) is 29.8 Å². The third-order valence-electron chi connectivity index (χ3n) is 3.62. The molecule has 5 nitrogen and oxygen atoms in total. The van der Waals surface area contributed by atoms with Crippen molar-refractivity contribution in [3.8, 4) is 5.75 Å². The van der Waals surface area contributed by atoms with Crippen LogP contribution in [0.15, 0.2) is 24.3 Å². The topological polar surface area (TPSA) is 48.0 Å². The highest BCUT2D eigenvalue weighted by Gasteiger charge is 2.37. The normalized spacial score (nSPS) is 22.5. The van der Waals surface area contributed by atoms with Gasteiger partial charge in [0.2, 0.25) is 6.29 Å². The summed E-state index contributed by atoms with van der Waals surface area (Å²) in [4.78, 5) is 16.8. The van der Waals surface area contributed by atoms with Crippen LogP contribution in [0.2, 0.25) is 0 Å². The first-order chi connectivity index (χ1) is 9.99. The number of nitrogens with zero attached hydrogens (tertiary/aromatic N) is 1. The number of hydrogen-bond donors (Lipinski definition) is 0. The number of hydrogen-bond acceptors (Lipinski definition) is 5. The first kappa shape index (κ1) is 15.8. The summed E-state index contributed by atoms with van der Waals surface area (Å²) in [5, 5.41) is 1.92. The Bertz CT molecular complexity index is 472. The molecule has 1 aromatic rings. The summed E-state index contributed by atoms with van der Waals surface area (Å²) in [5.41, 5.74) is 1.13. The average molecular weight is 293 g/mol. The van der Waals surface area contributed by atoms with E-state index in [2.05, 4.69) is 13.8 Å². The molecular formula is C16H23NO4. The number of rotatable bonds is 5. The van der Waals surface area contributed by atoms with E-state index < -0.39 is 6.29 Å². The fourth-order valence-electron chi connectivity index (χ4n) is 2.51. The second-order valence-electron chi connectivity index (χ2n) is 5.61. The average Bonchev–Trinajstić information content (AvgIpc) is 2.81. The number of ether oxygens (including phenoxy) is 2. The number of carbonyl (C=O) groups is 1. The van der Waals surface area contributed by atoms with Crippen LogP contribution in [-0.4, -0.2) is 30.5 Å². The summed E-state index contributed by atoms with van der Waals surface area (Å²) in [7, 11) is 1.65. The van der Waals surface area contributed by atoms with Gasteiger partial charge in [0, 0.05) is 25.9 Å². The Balaban J connectivity index is 2.03. The van der Waals surface area contributed by atoms with E-state index in [1.54, 1.807) is 7.11 Å². The molecule has 0 amide bonds. The van der Waals surface area contributed by atoms with E-state index in [0.29, 0.717) is 18.9 Å². The molecule has 1 heterocycles. The van der Waals surface area contributed by atoms with Crippen LogP contribution in [0.4, 0.5) is 0 Å². The van der Waals surface area contributed by atoms with E-state index in [1.165, 1.54) is 6.92 Å². The Kier molecular flexibility index (Phi) is 5.20. The maximum absolute atomic E-state index is 11.1. The monoisotopic (exact) mass is 293 g/mol. The molecule has 0 spiro atoms. The van der Waals surface area contributed by atoms with E-state index in [0.717, 1.165) is 11.3 Å². The number of esters is 1. The van der Waals surface area contributed by atoms with E-state index in [1.807, 2.05) is 29.3 Å². The summed E-state index contributed by atoms with van der Waals surface area (Å²) in [6.45, 7) is 6.35. The highest BCUT2D eigenvalue weighted by molar-refractivity contribution is 5.66. The molecule has 116 valence electrons. The molecule has 0 aliphatic carbocycles. The van der Waals surface area contributed by atoms with Crippen molar-refractivity contribution in [2.45, 2.75) is 46.1 Å². The maximum atomic E-state index is 11.1. The Morgan fingerprint density at radius 2 is 2.05 bits per heavy atom. The fraction of sp³-hybridized carbons (Fsp3) is 0.562. The minimum absolute atomic E-state index is 0.233. The molecule has 1 aliphatic heterocycles. The Hall–Kier alpha value is -1.59. The molecule has 21 heavy (non-hydrogen) atoms. The molecule has 0 radical (unpaired) electrons. The Morgan fingerprint density at radius 1 is 1.38 bits per heavy atom. The zero-order valence-corrected chi connectivity index (χ0v) is 13.0. The maximum Gasteiger partial charge on any atom is 0.304 e. The molecule has 0 saturated carbocycles. The highest BCUT2D eigenvalue weighted by atomic mass is 16.8. The van der Waals surface area contributed by atoms with Crippen LogP contribution in [0.5, 0.6) is 5.75 Å². The number of methoxy groups -OCH3 is 1. The summed E-state index contributed by atoms with van der Waals surface area (Å²) < 4.78 is 10.3. The summed E-state index contributed by atoms with van der Waals surface area (Å²) >= 11 is 0. The second kappa shape index (κ2) is 6.91. The molecule has 0 bridgehead atoms. The van der Waals surface area contributed by atoms with Gasteiger partial charge in [-0.3, -0.25) is 9.63 Å². The minimum Gasteiger partial charge on any atom is -0.497 e. The highest BCUT2D eigenvalue weighted by Crippen LogP contribution is 2.29. The van der Waals surface area contributed by atoms with Crippen molar-refractivity contribution >= 4 is 5.97 Å². The minimum atomic E-state index is -0.479. The van der Waals surface area contributed by atoms with Crippen molar-refractivity contribution in [2.75, 3.05) is 7.11 Å². The van der Waals surface area contributed by atoms with Crippen LogP contribution in [0, 0.1) is 5.92 Å². The number of hydroxylamine groups is 2. The predicted octanol–water partition coefficient (Wildman–Crippen LogP) is 2.75. The number of carbonyl (C=O) groups excluding carboxylic acids is 1. The molecule has 5 heteroatoms. The first-order valence-corrected chi connectivity index (χ1v) is 7.23. The van der Waals surface area contributed by atoms with Gasteiger partial charge in [-0.1, -0.05) is 26.0 Å². The molecule has 1 aromatic carbocycles. The smallest absolute Gasteiger partial charge is 0.304 e. The Morgan fingerprint density at radius 3 is 2.57 bits per heavy atom. The zero-order valence-electron chi connectivity index (χ0n) is 13.0. The third-order valence-corrected chi connectivity index (χ3v) is 3.62. The van der Waals surface area contributed by atoms with Crippen LogP contribution in [0.25, 0.3) is 0 Å². The van der Waals surface area contributed by atoms with Gasteiger partial charge in [0.1, 0.15) is 5.75 Å². The van der Waals surface area contributed by atoms with Crippen molar-refractivity contribution in [3.63, 3.8) is 0 Å². The van der Waals surface area contributed by atoms with E-state index >= 15 is 0 Å². The molecule has 1 fully saturated rings. The van der Waals surface area contributed by atoms with Gasteiger partial charge >= 0.3 is 5.97 Å². The predicted molar refractivity (Wildman–Crippen MR) is 78.4 cm³/mol. The number of benzene rings is 1. The standard InChI is InChI=1S/C16H23NO4/c1-11(2)15-9-16(20-12(3)18)21-17(15)10-13-5-7-14(19-4)8-6-13/h5-8,11,15-16H,9-10H2,1-4H3. The van der Waals surface area contributed by atoms with Crippen LogP contribution in [0.1, 0.15) is 32.8 Å². The lowest BCUT2D eigenvalue weighted by Crippen LogP contribution is -2.31. The van der Waals surface area contributed by atoms with Crippen molar-refractivity contribution in [1.82, 2.24) is 5.06 Å². The van der Waals surface area contributed by atoms with Gasteiger partial charge in [0.25, 0.3) is 0 Å². The molecular weight excluding hydrogens is 270 g/mol. The molecule has 2 rings (SSSR count). The lowest BCUT2D eigenvalue weighted by molar-refractivity contribution is -0.241. The first-order valence-electron chi connectivity index (χ1n) is 7.23. The van der Waals surface area contributed by atoms with E-state index in [4.69, 9.17) is 14.3 Å². The molecule has 1 aliphatic rings. The van der Waals surface area contributed by atoms with Gasteiger partial charge in [0.05, 0.1) is 7.11 Å². The van der Waals surface area contributed by atoms with Gasteiger partial charge < -0.3 is 9.47 Å². The van der Waals surface area contributed by atoms with E-state index in [9.17, 15) is 4.79 Å². The van der Waals surface area contributed by atoms with Gasteiger partial charge in [-0.2, -0.15) is 5.06 Å². The van der Waals surface area contributed by atoms with Crippen LogP contribution < -0.4 is 4.74 Å². The van der Waals surface area contributed by atoms with Crippen molar-refractivity contribution in [1.29, 1.82) is 0 Å². The lowest BCUT2D eigenvalue weighted by Gasteiger charge is -2.24. The van der Waals surface area contributed by atoms with Gasteiger partial charge in [-0.05, 0) is 23.6 Å². The summed E-state index contributed by atoms with van der Waals surface area (Å²) in [6, 6.07) is 8.12. The van der Waals surface area contributed by atoms with Gasteiger partial charge in [-0.15, -0.1) is 0 Å². The van der Waals surface area contributed by atoms with E-state index in [-0.39, 0.29) is 12.0 Å². The summed E-state index contributed by atoms with van der Waals surface area (Å²) in [6.07, 6.45) is 0.223. The molecule has 0 N–H and O–H groups in total. The summed E-state index contributed by atoms with van der Waals surface area (Å²) in [5.74, 6) is 0.942. The molecule has 1 saturated heterocycles. The quantitative estimate of drug-likeness (QED) is 0.781. The van der Waals surface area contributed by atoms with Gasteiger partial charge in [-0.25, -0.2) is 0 Å². The molecule has 2 unspecified atom stereocenters. The van der Waals surface area contributed by atoms with Crippen molar-refractivity contribution in [2.24, 2.45) is 5.92 Å². The van der Waals surface area contributed by atoms with Crippen LogP contribution >= 0.6 is 0 Å². The zero-order chi connectivity index (χ0) is 15.4. The Labute approximate surface area is 125 Å². The van der Waals surface area contributed by atoms with Crippen molar-refractivity contribution < 1.29 is 19.1 Å². The largest absolute Gasteiger partial charge is 0.497 e. The lowest BCUT2D eigenvalue weighted by atomic mass is 10.0. The molecule has 2 atom stereocenters. The SMILES string of the molecule is COc1ccc(CN2OC(OC(C)=O)CC2C(C)C)cc1. The fourth-order valence-corrected chi connectivity index (χ4v) is 2.51. The second-order valence-corrected chi connectivity index (χ2v) is 5.61.